The molecule has 1 spiro atoms. The molecule has 2 aliphatic rings. The number of rotatable bonds is 4. The van der Waals surface area contributed by atoms with Gasteiger partial charge in [-0.25, -0.2) is 4.79 Å². The quantitative estimate of drug-likeness (QED) is 0.781. The van der Waals surface area contributed by atoms with Gasteiger partial charge in [0.25, 0.3) is 0 Å². The molecule has 3 N–H and O–H groups in total. The lowest BCUT2D eigenvalue weighted by Gasteiger charge is -2.43. The highest BCUT2D eigenvalue weighted by Crippen LogP contribution is 2.38. The average molecular weight is 346 g/mol. The van der Waals surface area contributed by atoms with E-state index in [1.165, 1.54) is 19.3 Å². The number of urea groups is 1. The van der Waals surface area contributed by atoms with Gasteiger partial charge in [0.15, 0.2) is 0 Å². The van der Waals surface area contributed by atoms with Crippen LogP contribution in [0.1, 0.15) is 57.4 Å². The average Bonchev–Trinajstić information content (AvgIpc) is 2.57. The van der Waals surface area contributed by atoms with Crippen LogP contribution in [0.5, 0.6) is 5.75 Å². The molecule has 5 nitrogen and oxygen atoms in total. The highest BCUT2D eigenvalue weighted by molar-refractivity contribution is 5.74. The van der Waals surface area contributed by atoms with Crippen LogP contribution in [0.15, 0.2) is 24.3 Å². The summed E-state index contributed by atoms with van der Waals surface area (Å²) in [6, 6.07) is 7.26. The Balaban J connectivity index is 1.45. The topological polar surface area (TPSA) is 70.6 Å². The smallest absolute Gasteiger partial charge is 0.315 e. The van der Waals surface area contributed by atoms with E-state index in [0.717, 1.165) is 44.3 Å². The van der Waals surface area contributed by atoms with Crippen molar-refractivity contribution < 1.29 is 14.6 Å². The van der Waals surface area contributed by atoms with Crippen molar-refractivity contribution in [3.63, 3.8) is 0 Å². The van der Waals surface area contributed by atoms with Crippen LogP contribution in [0.25, 0.3) is 0 Å². The maximum Gasteiger partial charge on any atom is 0.315 e. The van der Waals surface area contributed by atoms with Crippen LogP contribution in [0.4, 0.5) is 4.79 Å². The van der Waals surface area contributed by atoms with E-state index in [9.17, 15) is 9.90 Å². The van der Waals surface area contributed by atoms with E-state index in [0.29, 0.717) is 0 Å². The Morgan fingerprint density at radius 3 is 2.72 bits per heavy atom. The molecule has 0 radical (unpaired) electrons. The van der Waals surface area contributed by atoms with Crippen LogP contribution in [-0.4, -0.2) is 35.4 Å². The van der Waals surface area contributed by atoms with E-state index < -0.39 is 0 Å². The molecule has 1 aromatic rings. The molecule has 2 atom stereocenters. The van der Waals surface area contributed by atoms with Crippen molar-refractivity contribution in [2.24, 2.45) is 0 Å². The van der Waals surface area contributed by atoms with Gasteiger partial charge < -0.3 is 20.5 Å². The monoisotopic (exact) mass is 346 g/mol. The van der Waals surface area contributed by atoms with Crippen molar-refractivity contribution >= 4 is 6.03 Å². The number of benzene rings is 1. The summed E-state index contributed by atoms with van der Waals surface area (Å²) in [6.45, 7) is 2.74. The summed E-state index contributed by atoms with van der Waals surface area (Å²) in [5.41, 5.74) is 1.10. The molecule has 1 heterocycles. The molecule has 2 fully saturated rings. The first-order valence-corrected chi connectivity index (χ1v) is 9.54. The number of phenols is 1. The maximum absolute atomic E-state index is 12.3. The third kappa shape index (κ3) is 5.11. The number of ether oxygens (including phenoxy) is 1. The molecular formula is C20H30N2O3. The standard InChI is InChI=1S/C20H30N2O3/c1-15(13-16-5-7-18(23)8-6-16)21-19(24)22-17-9-12-25-20(14-17)10-3-2-4-11-20/h5-8,15,17,23H,2-4,9-14H2,1H3,(H2,21,22,24)/t15-,17+/m0/s1. The number of carbonyl (C=O) groups is 1. The summed E-state index contributed by atoms with van der Waals surface area (Å²) in [5, 5.41) is 15.5. The number of carbonyl (C=O) groups excluding carboxylic acids is 1. The summed E-state index contributed by atoms with van der Waals surface area (Å²) in [5.74, 6) is 0.262. The Labute approximate surface area is 150 Å². The molecule has 0 unspecified atom stereocenters. The second-order valence-corrected chi connectivity index (χ2v) is 7.67. The molecule has 138 valence electrons. The van der Waals surface area contributed by atoms with Crippen molar-refractivity contribution in [2.45, 2.75) is 76.0 Å². The van der Waals surface area contributed by atoms with Crippen molar-refractivity contribution in [3.8, 4) is 5.75 Å². The van der Waals surface area contributed by atoms with Crippen LogP contribution < -0.4 is 10.6 Å². The number of phenolic OH excluding ortho intramolecular Hbond substituents is 1. The van der Waals surface area contributed by atoms with E-state index in [1.807, 2.05) is 19.1 Å². The lowest BCUT2D eigenvalue weighted by Crippen LogP contribution is -2.52. The van der Waals surface area contributed by atoms with Crippen LogP contribution in [-0.2, 0) is 11.2 Å². The first-order valence-electron chi connectivity index (χ1n) is 9.54. The Morgan fingerprint density at radius 1 is 1.28 bits per heavy atom. The molecule has 5 heteroatoms. The minimum Gasteiger partial charge on any atom is -0.508 e. The molecule has 25 heavy (non-hydrogen) atoms. The van der Waals surface area contributed by atoms with Gasteiger partial charge in [-0.05, 0) is 56.7 Å². The molecule has 2 amide bonds. The van der Waals surface area contributed by atoms with E-state index >= 15 is 0 Å². The van der Waals surface area contributed by atoms with E-state index in [1.54, 1.807) is 12.1 Å². The van der Waals surface area contributed by atoms with E-state index in [2.05, 4.69) is 10.6 Å². The largest absolute Gasteiger partial charge is 0.508 e. The predicted molar refractivity (Wildman–Crippen MR) is 97.7 cm³/mol. The number of amides is 2. The third-order valence-electron chi connectivity index (χ3n) is 5.45. The molecule has 1 aliphatic carbocycles. The third-order valence-corrected chi connectivity index (χ3v) is 5.45. The molecule has 1 aliphatic heterocycles. The molecule has 3 rings (SSSR count). The summed E-state index contributed by atoms with van der Waals surface area (Å²) in [6.07, 6.45) is 8.61. The summed E-state index contributed by atoms with van der Waals surface area (Å²) < 4.78 is 6.10. The summed E-state index contributed by atoms with van der Waals surface area (Å²) in [7, 11) is 0. The van der Waals surface area contributed by atoms with Gasteiger partial charge >= 0.3 is 6.03 Å². The van der Waals surface area contributed by atoms with Gasteiger partial charge in [0.2, 0.25) is 0 Å². The summed E-state index contributed by atoms with van der Waals surface area (Å²) in [4.78, 5) is 12.3. The van der Waals surface area contributed by atoms with E-state index in [4.69, 9.17) is 4.74 Å². The van der Waals surface area contributed by atoms with Crippen molar-refractivity contribution in [1.82, 2.24) is 10.6 Å². The Kier molecular flexibility index (Phi) is 5.84. The highest BCUT2D eigenvalue weighted by Gasteiger charge is 2.38. The number of aromatic hydroxyl groups is 1. The lowest BCUT2D eigenvalue weighted by molar-refractivity contribution is -0.107. The molecule has 0 bridgehead atoms. The van der Waals surface area contributed by atoms with Gasteiger partial charge in [-0.2, -0.15) is 0 Å². The zero-order valence-electron chi connectivity index (χ0n) is 15.1. The second kappa shape index (κ2) is 8.09. The zero-order valence-corrected chi connectivity index (χ0v) is 15.1. The van der Waals surface area contributed by atoms with Crippen molar-refractivity contribution in [2.75, 3.05) is 6.61 Å². The highest BCUT2D eigenvalue weighted by atomic mass is 16.5. The first-order chi connectivity index (χ1) is 12.0. The molecule has 0 aromatic heterocycles. The number of nitrogens with one attached hydrogen (secondary N) is 2. The summed E-state index contributed by atoms with van der Waals surface area (Å²) >= 11 is 0. The van der Waals surface area contributed by atoms with E-state index in [-0.39, 0.29) is 29.5 Å². The molecule has 1 saturated heterocycles. The Morgan fingerprint density at radius 2 is 2.00 bits per heavy atom. The van der Waals surface area contributed by atoms with Gasteiger partial charge in [0.05, 0.1) is 5.60 Å². The minimum absolute atomic E-state index is 0.00605. The normalized spacial score (nSPS) is 23.8. The molecule has 1 aromatic carbocycles. The van der Waals surface area contributed by atoms with Crippen LogP contribution in [0.3, 0.4) is 0 Å². The fourth-order valence-electron chi connectivity index (χ4n) is 4.18. The van der Waals surface area contributed by atoms with Gasteiger partial charge in [0, 0.05) is 18.7 Å². The zero-order chi connectivity index (χ0) is 17.7. The van der Waals surface area contributed by atoms with Crippen LogP contribution >= 0.6 is 0 Å². The SMILES string of the molecule is C[C@@H](Cc1ccc(O)cc1)NC(=O)N[C@@H]1CCOC2(CCCCC2)C1. The van der Waals surface area contributed by atoms with Gasteiger partial charge in [-0.15, -0.1) is 0 Å². The molecular weight excluding hydrogens is 316 g/mol. The number of hydrogen-bond donors (Lipinski definition) is 3. The van der Waals surface area contributed by atoms with Crippen LogP contribution in [0.2, 0.25) is 0 Å². The second-order valence-electron chi connectivity index (χ2n) is 7.67. The van der Waals surface area contributed by atoms with Crippen LogP contribution in [0, 0.1) is 0 Å². The fourth-order valence-corrected chi connectivity index (χ4v) is 4.18. The van der Waals surface area contributed by atoms with Gasteiger partial charge in [0.1, 0.15) is 5.75 Å². The lowest BCUT2D eigenvalue weighted by atomic mass is 9.78. The van der Waals surface area contributed by atoms with Gasteiger partial charge in [-0.3, -0.25) is 0 Å². The maximum atomic E-state index is 12.3. The predicted octanol–water partition coefficient (Wildman–Crippen LogP) is 3.50. The van der Waals surface area contributed by atoms with Crippen molar-refractivity contribution in [3.05, 3.63) is 29.8 Å². The Bertz CT molecular complexity index is 561. The fraction of sp³-hybridized carbons (Fsp3) is 0.650. The Hall–Kier alpha value is -1.75. The molecule has 1 saturated carbocycles. The first kappa shape index (κ1) is 18.1. The minimum atomic E-state index is -0.0934. The number of hydrogen-bond acceptors (Lipinski definition) is 3. The van der Waals surface area contributed by atoms with Crippen molar-refractivity contribution in [1.29, 1.82) is 0 Å². The van der Waals surface area contributed by atoms with Gasteiger partial charge in [-0.1, -0.05) is 31.4 Å².